The summed E-state index contributed by atoms with van der Waals surface area (Å²) in [7, 11) is 0. The second kappa shape index (κ2) is 6.68. The molecular weight excluding hydrogens is 338 g/mol. The highest BCUT2D eigenvalue weighted by Gasteiger charge is 2.20. The molecule has 0 spiro atoms. The number of rotatable bonds is 4. The Balaban J connectivity index is 1.43. The zero-order valence-corrected chi connectivity index (χ0v) is 14.3. The van der Waals surface area contributed by atoms with Crippen LogP contribution in [0.1, 0.15) is 23.4 Å². The lowest BCUT2D eigenvalue weighted by Gasteiger charge is -2.14. The third kappa shape index (κ3) is 3.28. The number of likely N-dealkylation sites (tertiary alicyclic amines) is 1. The van der Waals surface area contributed by atoms with Crippen molar-refractivity contribution in [3.63, 3.8) is 0 Å². The van der Waals surface area contributed by atoms with Gasteiger partial charge >= 0.3 is 0 Å². The van der Waals surface area contributed by atoms with E-state index in [1.807, 2.05) is 24.3 Å². The fraction of sp³-hybridized carbons (Fsp3) is 0.278. The van der Waals surface area contributed by atoms with Gasteiger partial charge in [-0.05, 0) is 37.1 Å². The molecule has 2 amide bonds. The Kier molecular flexibility index (Phi) is 4.23. The van der Waals surface area contributed by atoms with Crippen molar-refractivity contribution in [3.05, 3.63) is 42.2 Å². The number of amides is 2. The van der Waals surface area contributed by atoms with Crippen molar-refractivity contribution in [1.29, 1.82) is 0 Å². The molecule has 0 bridgehead atoms. The molecule has 0 aliphatic carbocycles. The molecule has 4 rings (SSSR count). The largest absolute Gasteiger partial charge is 0.448 e. The molecule has 2 aromatic heterocycles. The number of carbonyl (C=O) groups excluding carboxylic acids is 2. The molecule has 3 heterocycles. The highest BCUT2D eigenvalue weighted by Crippen LogP contribution is 2.31. The number of thiazole rings is 1. The van der Waals surface area contributed by atoms with Crippen molar-refractivity contribution < 1.29 is 14.0 Å². The number of furan rings is 1. The number of para-hydroxylation sites is 1. The van der Waals surface area contributed by atoms with Gasteiger partial charge in [-0.1, -0.05) is 12.1 Å². The van der Waals surface area contributed by atoms with E-state index in [2.05, 4.69) is 10.3 Å². The monoisotopic (exact) mass is 355 g/mol. The summed E-state index contributed by atoms with van der Waals surface area (Å²) in [6.07, 6.45) is 2.06. The van der Waals surface area contributed by atoms with Gasteiger partial charge in [0.15, 0.2) is 16.5 Å². The molecule has 6 nitrogen and oxygen atoms in total. The summed E-state index contributed by atoms with van der Waals surface area (Å²) >= 11 is 1.51. The summed E-state index contributed by atoms with van der Waals surface area (Å²) in [6, 6.07) is 11.2. The van der Waals surface area contributed by atoms with Gasteiger partial charge in [-0.15, -0.1) is 11.3 Å². The maximum Gasteiger partial charge on any atom is 0.287 e. The van der Waals surface area contributed by atoms with Crippen LogP contribution in [0, 0.1) is 0 Å². The number of nitrogens with zero attached hydrogens (tertiary/aromatic N) is 2. The molecule has 3 aromatic rings. The molecule has 1 aliphatic heterocycles. The molecule has 7 heteroatoms. The standard InChI is InChI=1S/C18H17N3O3S/c22-16(21-9-3-4-10-21)11-19-17(23)13-7-8-14(24-13)18-20-12-5-1-2-6-15(12)25-18/h1-2,5-8H,3-4,9-11H2,(H,19,23). The molecule has 0 saturated carbocycles. The Hall–Kier alpha value is -2.67. The molecule has 0 unspecified atom stereocenters. The fourth-order valence-electron chi connectivity index (χ4n) is 2.87. The van der Waals surface area contributed by atoms with Gasteiger partial charge in [-0.25, -0.2) is 4.98 Å². The topological polar surface area (TPSA) is 75.4 Å². The smallest absolute Gasteiger partial charge is 0.287 e. The van der Waals surface area contributed by atoms with E-state index in [-0.39, 0.29) is 24.1 Å². The van der Waals surface area contributed by atoms with Crippen molar-refractivity contribution in [3.8, 4) is 10.8 Å². The fourth-order valence-corrected chi connectivity index (χ4v) is 3.80. The predicted molar refractivity (Wildman–Crippen MR) is 95.5 cm³/mol. The summed E-state index contributed by atoms with van der Waals surface area (Å²) in [5, 5.41) is 3.36. The van der Waals surface area contributed by atoms with Gasteiger partial charge in [-0.3, -0.25) is 9.59 Å². The van der Waals surface area contributed by atoms with Crippen LogP contribution in [-0.4, -0.2) is 41.3 Å². The Morgan fingerprint density at radius 3 is 2.76 bits per heavy atom. The summed E-state index contributed by atoms with van der Waals surface area (Å²) < 4.78 is 6.70. The average Bonchev–Trinajstić information content (AvgIpc) is 3.38. The third-order valence-corrected chi connectivity index (χ3v) is 5.24. The summed E-state index contributed by atoms with van der Waals surface area (Å²) in [5.74, 6) is 0.296. The number of fused-ring (bicyclic) bond motifs is 1. The number of carbonyl (C=O) groups is 2. The first-order valence-electron chi connectivity index (χ1n) is 8.22. The molecule has 1 saturated heterocycles. The lowest BCUT2D eigenvalue weighted by Crippen LogP contribution is -2.38. The Morgan fingerprint density at radius 1 is 1.16 bits per heavy atom. The van der Waals surface area contributed by atoms with Gasteiger partial charge in [-0.2, -0.15) is 0 Å². The van der Waals surface area contributed by atoms with Crippen molar-refractivity contribution in [2.45, 2.75) is 12.8 Å². The first kappa shape index (κ1) is 15.8. The Labute approximate surface area is 148 Å². The van der Waals surface area contributed by atoms with Crippen molar-refractivity contribution in [2.75, 3.05) is 19.6 Å². The van der Waals surface area contributed by atoms with E-state index in [0.29, 0.717) is 5.76 Å². The molecule has 0 atom stereocenters. The molecule has 1 N–H and O–H groups in total. The second-order valence-electron chi connectivity index (χ2n) is 5.92. The highest BCUT2D eigenvalue weighted by atomic mass is 32.1. The molecule has 25 heavy (non-hydrogen) atoms. The summed E-state index contributed by atoms with van der Waals surface area (Å²) in [5.41, 5.74) is 0.904. The second-order valence-corrected chi connectivity index (χ2v) is 6.95. The van der Waals surface area contributed by atoms with E-state index in [1.54, 1.807) is 17.0 Å². The number of aromatic nitrogens is 1. The van der Waals surface area contributed by atoms with Crippen LogP contribution < -0.4 is 5.32 Å². The van der Waals surface area contributed by atoms with Gasteiger partial charge in [0.2, 0.25) is 5.91 Å². The van der Waals surface area contributed by atoms with E-state index in [9.17, 15) is 9.59 Å². The van der Waals surface area contributed by atoms with Gasteiger partial charge < -0.3 is 14.6 Å². The quantitative estimate of drug-likeness (QED) is 0.781. The minimum Gasteiger partial charge on any atom is -0.448 e. The van der Waals surface area contributed by atoms with Crippen LogP contribution in [0.25, 0.3) is 21.0 Å². The SMILES string of the molecule is O=C(NCC(=O)N1CCCC1)c1ccc(-c2nc3ccccc3s2)o1. The van der Waals surface area contributed by atoms with Gasteiger partial charge in [0, 0.05) is 13.1 Å². The number of hydrogen-bond acceptors (Lipinski definition) is 5. The number of nitrogens with one attached hydrogen (secondary N) is 1. The van der Waals surface area contributed by atoms with Crippen molar-refractivity contribution in [1.82, 2.24) is 15.2 Å². The van der Waals surface area contributed by atoms with E-state index in [0.717, 1.165) is 41.2 Å². The number of benzene rings is 1. The summed E-state index contributed by atoms with van der Waals surface area (Å²) in [6.45, 7) is 1.55. The molecular formula is C18H17N3O3S. The van der Waals surface area contributed by atoms with Gasteiger partial charge in [0.1, 0.15) is 0 Å². The lowest BCUT2D eigenvalue weighted by molar-refractivity contribution is -0.129. The zero-order valence-electron chi connectivity index (χ0n) is 13.5. The maximum absolute atomic E-state index is 12.2. The van der Waals surface area contributed by atoms with Crippen LogP contribution in [0.4, 0.5) is 0 Å². The van der Waals surface area contributed by atoms with Crippen molar-refractivity contribution in [2.24, 2.45) is 0 Å². The zero-order chi connectivity index (χ0) is 17.2. The molecule has 1 fully saturated rings. The summed E-state index contributed by atoms with van der Waals surface area (Å²) in [4.78, 5) is 30.5. The van der Waals surface area contributed by atoms with E-state index in [1.165, 1.54) is 11.3 Å². The molecule has 128 valence electrons. The van der Waals surface area contributed by atoms with Crippen LogP contribution in [-0.2, 0) is 4.79 Å². The average molecular weight is 355 g/mol. The van der Waals surface area contributed by atoms with Crippen molar-refractivity contribution >= 4 is 33.4 Å². The Morgan fingerprint density at radius 2 is 1.96 bits per heavy atom. The van der Waals surface area contributed by atoms with E-state index >= 15 is 0 Å². The van der Waals surface area contributed by atoms with E-state index < -0.39 is 0 Å². The molecule has 0 radical (unpaired) electrons. The van der Waals surface area contributed by atoms with Crippen LogP contribution in [0.15, 0.2) is 40.8 Å². The van der Waals surface area contributed by atoms with Gasteiger partial charge in [0.05, 0.1) is 16.8 Å². The Bertz CT molecular complexity index is 891. The van der Waals surface area contributed by atoms with E-state index in [4.69, 9.17) is 4.42 Å². The third-order valence-electron chi connectivity index (χ3n) is 4.19. The van der Waals surface area contributed by atoms with Crippen LogP contribution in [0.2, 0.25) is 0 Å². The number of hydrogen-bond donors (Lipinski definition) is 1. The highest BCUT2D eigenvalue weighted by molar-refractivity contribution is 7.21. The normalized spacial score (nSPS) is 14.2. The lowest BCUT2D eigenvalue weighted by atomic mass is 10.3. The maximum atomic E-state index is 12.2. The first-order chi connectivity index (χ1) is 12.2. The van der Waals surface area contributed by atoms with Crippen LogP contribution in [0.3, 0.4) is 0 Å². The minimum atomic E-state index is -0.389. The van der Waals surface area contributed by atoms with Crippen LogP contribution >= 0.6 is 11.3 Å². The molecule has 1 aromatic carbocycles. The van der Waals surface area contributed by atoms with Crippen LogP contribution in [0.5, 0.6) is 0 Å². The molecule has 1 aliphatic rings. The minimum absolute atomic E-state index is 0.00396. The predicted octanol–water partition coefficient (Wildman–Crippen LogP) is 2.91. The van der Waals surface area contributed by atoms with Gasteiger partial charge in [0.25, 0.3) is 5.91 Å². The first-order valence-corrected chi connectivity index (χ1v) is 9.04.